The van der Waals surface area contributed by atoms with Gasteiger partial charge in [-0.3, -0.25) is 19.4 Å². The van der Waals surface area contributed by atoms with E-state index in [1.165, 1.54) is 33.1 Å². The zero-order valence-corrected chi connectivity index (χ0v) is 15.6. The molecule has 5 nitrogen and oxygen atoms in total. The molecule has 0 aliphatic carbocycles. The topological polar surface area (TPSA) is 84.3 Å². The quantitative estimate of drug-likeness (QED) is 0.746. The fourth-order valence-corrected chi connectivity index (χ4v) is 1.80. The van der Waals surface area contributed by atoms with Crippen LogP contribution in [0, 0.1) is 12.8 Å². The van der Waals surface area contributed by atoms with Crippen LogP contribution < -0.4 is 0 Å². The summed E-state index contributed by atoms with van der Waals surface area (Å²) < 4.78 is 0. The number of carbonyl (C=O) groups is 3. The van der Waals surface area contributed by atoms with Crippen LogP contribution in [0.2, 0.25) is 0 Å². The lowest BCUT2D eigenvalue weighted by Gasteiger charge is -2.07. The van der Waals surface area contributed by atoms with E-state index in [1.807, 2.05) is 12.3 Å². The van der Waals surface area contributed by atoms with Crippen molar-refractivity contribution >= 4 is 28.9 Å². The van der Waals surface area contributed by atoms with Crippen molar-refractivity contribution in [1.29, 1.82) is 0 Å². The third-order valence-electron chi connectivity index (χ3n) is 2.95. The van der Waals surface area contributed by atoms with Gasteiger partial charge in [0.2, 0.25) is 0 Å². The van der Waals surface area contributed by atoms with Crippen LogP contribution in [-0.4, -0.2) is 27.6 Å². The molecule has 0 aliphatic rings. The molecule has 0 radical (unpaired) electrons. The molecule has 0 aromatic carbocycles. The zero-order chi connectivity index (χ0) is 18.3. The Kier molecular flexibility index (Phi) is 15.8. The molecule has 1 unspecified atom stereocenters. The summed E-state index contributed by atoms with van der Waals surface area (Å²) in [6, 6.07) is 0. The number of carbonyl (C=O) groups excluding carboxylic acids is 2. The van der Waals surface area contributed by atoms with E-state index < -0.39 is 5.97 Å². The Bertz CT molecular complexity index is 431. The Morgan fingerprint density at radius 2 is 1.78 bits per heavy atom. The first-order valence-corrected chi connectivity index (χ1v) is 8.68. The summed E-state index contributed by atoms with van der Waals surface area (Å²) in [5, 5.41) is 11.5. The molecule has 1 rings (SSSR count). The second-order valence-electron chi connectivity index (χ2n) is 5.34. The maximum absolute atomic E-state index is 10.2. The molecular formula is C17H29NO4S. The van der Waals surface area contributed by atoms with Gasteiger partial charge in [0.15, 0.2) is 11.6 Å². The normalized spacial score (nSPS) is 10.5. The molecule has 1 atom stereocenters. The molecule has 0 spiro atoms. The number of aliphatic carboxylic acids is 1. The van der Waals surface area contributed by atoms with Crippen molar-refractivity contribution in [3.8, 4) is 0 Å². The predicted octanol–water partition coefficient (Wildman–Crippen LogP) is 4.29. The molecule has 0 amide bonds. The second-order valence-corrected chi connectivity index (χ2v) is 6.44. The largest absolute Gasteiger partial charge is 0.481 e. The van der Waals surface area contributed by atoms with Gasteiger partial charge < -0.3 is 5.11 Å². The van der Waals surface area contributed by atoms with Gasteiger partial charge >= 0.3 is 5.97 Å². The van der Waals surface area contributed by atoms with Crippen LogP contribution in [0.25, 0.3) is 0 Å². The van der Waals surface area contributed by atoms with E-state index in [9.17, 15) is 14.4 Å². The summed E-state index contributed by atoms with van der Waals surface area (Å²) in [5.74, 6) is -0.857. The van der Waals surface area contributed by atoms with Gasteiger partial charge in [0.25, 0.3) is 0 Å². The average Bonchev–Trinajstić information content (AvgIpc) is 2.95. The van der Waals surface area contributed by atoms with Gasteiger partial charge in [-0.15, -0.1) is 11.3 Å². The van der Waals surface area contributed by atoms with E-state index in [0.29, 0.717) is 12.3 Å². The third kappa shape index (κ3) is 20.4. The van der Waals surface area contributed by atoms with Crippen LogP contribution in [0.4, 0.5) is 0 Å². The predicted molar refractivity (Wildman–Crippen MR) is 93.8 cm³/mol. The molecule has 6 heteroatoms. The number of hydrogen-bond donors (Lipinski definition) is 1. The molecule has 132 valence electrons. The molecule has 1 aromatic heterocycles. The van der Waals surface area contributed by atoms with Crippen molar-refractivity contribution in [2.75, 3.05) is 0 Å². The minimum absolute atomic E-state index is 0.324. The van der Waals surface area contributed by atoms with Gasteiger partial charge in [0.05, 0.1) is 5.01 Å². The standard InChI is InChI=1S/C9H18O2.C4H5NS.C4H6O2/c1-3-4-5-8(2)6-7-9(10)11;1-4-5-2-3-6-4;1-3(5)4(2)6/h8H,3-7H2,1-2H3,(H,10,11);2-3H,1H3;1-2H3. The van der Waals surface area contributed by atoms with Crippen LogP contribution in [0.3, 0.4) is 0 Å². The van der Waals surface area contributed by atoms with Crippen LogP contribution in [0.1, 0.15) is 64.8 Å². The molecule has 1 aromatic rings. The number of hydrogen-bond acceptors (Lipinski definition) is 5. The second kappa shape index (κ2) is 15.3. The van der Waals surface area contributed by atoms with E-state index in [0.717, 1.165) is 11.4 Å². The number of aryl methyl sites for hydroxylation is 1. The molecule has 0 saturated heterocycles. The monoisotopic (exact) mass is 343 g/mol. The number of nitrogens with zero attached hydrogens (tertiary/aromatic N) is 1. The highest BCUT2D eigenvalue weighted by Gasteiger charge is 2.03. The maximum Gasteiger partial charge on any atom is 0.303 e. The van der Waals surface area contributed by atoms with Crippen molar-refractivity contribution in [2.24, 2.45) is 5.92 Å². The van der Waals surface area contributed by atoms with Crippen molar-refractivity contribution in [3.63, 3.8) is 0 Å². The molecule has 0 fully saturated rings. The van der Waals surface area contributed by atoms with Crippen LogP contribution in [0.15, 0.2) is 11.6 Å². The van der Waals surface area contributed by atoms with Crippen molar-refractivity contribution in [3.05, 3.63) is 16.6 Å². The molecule has 0 saturated carbocycles. The molecular weight excluding hydrogens is 314 g/mol. The van der Waals surface area contributed by atoms with Crippen LogP contribution in [0.5, 0.6) is 0 Å². The number of carboxylic acids is 1. The summed E-state index contributed by atoms with van der Waals surface area (Å²) >= 11 is 1.67. The Morgan fingerprint density at radius 1 is 1.22 bits per heavy atom. The minimum Gasteiger partial charge on any atom is -0.481 e. The summed E-state index contributed by atoms with van der Waals surface area (Å²) in [7, 11) is 0. The molecule has 0 aliphatic heterocycles. The Hall–Kier alpha value is -1.56. The lowest BCUT2D eigenvalue weighted by molar-refractivity contribution is -0.137. The Labute approximate surface area is 143 Å². The number of thiazole rings is 1. The van der Waals surface area contributed by atoms with Gasteiger partial charge in [-0.2, -0.15) is 0 Å². The van der Waals surface area contributed by atoms with E-state index in [4.69, 9.17) is 5.11 Å². The lowest BCUT2D eigenvalue weighted by Crippen LogP contribution is -2.01. The fraction of sp³-hybridized carbons (Fsp3) is 0.647. The smallest absolute Gasteiger partial charge is 0.303 e. The highest BCUT2D eigenvalue weighted by atomic mass is 32.1. The zero-order valence-electron chi connectivity index (χ0n) is 14.8. The first kappa shape index (κ1) is 23.7. The number of unbranched alkanes of at least 4 members (excludes halogenated alkanes) is 1. The molecule has 1 heterocycles. The number of carboxylic acid groups (broad SMARTS) is 1. The SMILES string of the molecule is CC(=O)C(C)=O.CCCCC(C)CCC(=O)O.Cc1nccs1. The summed E-state index contributed by atoms with van der Waals surface area (Å²) in [6.07, 6.45) is 6.56. The van der Waals surface area contributed by atoms with Gasteiger partial charge in [0, 0.05) is 31.8 Å². The van der Waals surface area contributed by atoms with E-state index in [-0.39, 0.29) is 11.6 Å². The maximum atomic E-state index is 10.2. The lowest BCUT2D eigenvalue weighted by atomic mass is 9.99. The summed E-state index contributed by atoms with van der Waals surface area (Å²) in [5.41, 5.74) is 0. The Morgan fingerprint density at radius 3 is 2.04 bits per heavy atom. The third-order valence-corrected chi connectivity index (χ3v) is 3.66. The number of aromatic nitrogens is 1. The average molecular weight is 343 g/mol. The van der Waals surface area contributed by atoms with Crippen molar-refractivity contribution in [1.82, 2.24) is 4.98 Å². The van der Waals surface area contributed by atoms with Crippen LogP contribution in [-0.2, 0) is 14.4 Å². The summed E-state index contributed by atoms with van der Waals surface area (Å²) in [6.45, 7) is 8.78. The minimum atomic E-state index is -0.673. The van der Waals surface area contributed by atoms with Crippen molar-refractivity contribution in [2.45, 2.75) is 66.7 Å². The number of rotatable bonds is 7. The van der Waals surface area contributed by atoms with Gasteiger partial charge in [-0.05, 0) is 19.3 Å². The molecule has 1 N–H and O–H groups in total. The van der Waals surface area contributed by atoms with Gasteiger partial charge in [-0.25, -0.2) is 0 Å². The van der Waals surface area contributed by atoms with Gasteiger partial charge in [-0.1, -0.05) is 33.1 Å². The van der Waals surface area contributed by atoms with Crippen LogP contribution >= 0.6 is 11.3 Å². The highest BCUT2D eigenvalue weighted by molar-refractivity contribution is 7.09. The number of ketones is 2. The van der Waals surface area contributed by atoms with E-state index in [2.05, 4.69) is 18.8 Å². The first-order chi connectivity index (χ1) is 10.7. The van der Waals surface area contributed by atoms with E-state index in [1.54, 1.807) is 17.5 Å². The number of Topliss-reactive ketones (excluding diaryl/α,β-unsaturated/α-hetero) is 2. The van der Waals surface area contributed by atoms with Gasteiger partial charge in [0.1, 0.15) is 0 Å². The van der Waals surface area contributed by atoms with E-state index >= 15 is 0 Å². The highest BCUT2D eigenvalue weighted by Crippen LogP contribution is 2.13. The molecule has 23 heavy (non-hydrogen) atoms. The first-order valence-electron chi connectivity index (χ1n) is 7.80. The van der Waals surface area contributed by atoms with Crippen molar-refractivity contribution < 1.29 is 19.5 Å². The fourth-order valence-electron chi connectivity index (χ4n) is 1.36. The molecule has 0 bridgehead atoms. The summed E-state index contributed by atoms with van der Waals surface area (Å²) in [4.78, 5) is 33.7. The Balaban J connectivity index is 0.